The van der Waals surface area contributed by atoms with Gasteiger partial charge >= 0.3 is 0 Å². The number of furan rings is 1. The van der Waals surface area contributed by atoms with Crippen molar-refractivity contribution in [3.05, 3.63) is 90.1 Å². The van der Waals surface area contributed by atoms with Crippen molar-refractivity contribution in [2.45, 2.75) is 108 Å². The van der Waals surface area contributed by atoms with Gasteiger partial charge in [-0.1, -0.05) is 104 Å². The number of benzene rings is 3. The number of carbonyl (C=O) groups excluding carboxylic acids is 1. The SMILES string of the molecule is CC(C)Cc1cc(CC(C)C)c2c(ccc3c(-c4[c-]ccc5c4oc4ncccc45)ncnc32)c1.CCC(C)(CC)C(=O)/C=C(\O)C(C)(CC)CC.[Ir]. The Morgan fingerprint density at radius 2 is 1.53 bits per heavy atom. The molecule has 6 nitrogen and oxygen atoms in total. The van der Waals surface area contributed by atoms with E-state index < -0.39 is 0 Å². The second kappa shape index (κ2) is 17.5. The third kappa shape index (κ3) is 8.74. The van der Waals surface area contributed by atoms with Crippen LogP contribution in [0.2, 0.25) is 0 Å². The monoisotopic (exact) mass is 891 g/mol. The first-order valence-electron chi connectivity index (χ1n) is 19.1. The quantitative estimate of drug-likeness (QED) is 0.0570. The number of hydrogen-bond donors (Lipinski definition) is 1. The molecule has 0 aliphatic heterocycles. The fourth-order valence-corrected chi connectivity index (χ4v) is 6.97. The molecule has 6 aromatic rings. The summed E-state index contributed by atoms with van der Waals surface area (Å²) in [4.78, 5) is 26.1. The van der Waals surface area contributed by atoms with Gasteiger partial charge < -0.3 is 9.52 Å². The van der Waals surface area contributed by atoms with Gasteiger partial charge in [0.2, 0.25) is 5.71 Å². The van der Waals surface area contributed by atoms with E-state index in [0.29, 0.717) is 17.5 Å². The minimum atomic E-state index is -0.337. The van der Waals surface area contributed by atoms with E-state index in [1.165, 1.54) is 28.0 Å². The molecule has 0 bridgehead atoms. The molecular formula is C46H56IrN3O3-. The van der Waals surface area contributed by atoms with Crippen LogP contribution in [0.3, 0.4) is 0 Å². The maximum absolute atomic E-state index is 12.2. The summed E-state index contributed by atoms with van der Waals surface area (Å²) in [6.45, 7) is 21.2. The van der Waals surface area contributed by atoms with Crippen molar-refractivity contribution in [1.82, 2.24) is 15.0 Å². The van der Waals surface area contributed by atoms with Crippen molar-refractivity contribution in [3.63, 3.8) is 0 Å². The van der Waals surface area contributed by atoms with Crippen molar-refractivity contribution in [2.75, 3.05) is 0 Å². The molecule has 0 aliphatic rings. The first kappa shape index (κ1) is 41.8. The summed E-state index contributed by atoms with van der Waals surface area (Å²) < 4.78 is 6.20. The Bertz CT molecular complexity index is 2220. The molecule has 6 rings (SSSR count). The maximum atomic E-state index is 12.2. The molecule has 283 valence electrons. The number of aliphatic hydroxyl groups excluding tert-OH is 1. The zero-order valence-electron chi connectivity index (χ0n) is 33.2. The zero-order chi connectivity index (χ0) is 37.8. The van der Waals surface area contributed by atoms with Crippen LogP contribution in [-0.2, 0) is 37.7 Å². The van der Waals surface area contributed by atoms with Gasteiger partial charge in [0.25, 0.3) is 0 Å². The molecule has 0 atom stereocenters. The molecular weight excluding hydrogens is 835 g/mol. The molecule has 1 N–H and O–H groups in total. The molecule has 7 heteroatoms. The van der Waals surface area contributed by atoms with Gasteiger partial charge in [-0.05, 0) is 84.4 Å². The van der Waals surface area contributed by atoms with Crippen molar-refractivity contribution >= 4 is 49.5 Å². The van der Waals surface area contributed by atoms with Crippen molar-refractivity contribution in [3.8, 4) is 11.3 Å². The summed E-state index contributed by atoms with van der Waals surface area (Å²) in [5.41, 5.74) is 6.20. The molecule has 0 amide bonds. The minimum Gasteiger partial charge on any atom is -0.512 e. The Balaban J connectivity index is 0.000000299. The average Bonchev–Trinajstić information content (AvgIpc) is 3.52. The first-order chi connectivity index (χ1) is 24.8. The van der Waals surface area contributed by atoms with Crippen LogP contribution < -0.4 is 0 Å². The van der Waals surface area contributed by atoms with Gasteiger partial charge in [-0.2, -0.15) is 0 Å². The maximum Gasteiger partial charge on any atom is 0.216 e. The van der Waals surface area contributed by atoms with Gasteiger partial charge in [0.15, 0.2) is 5.78 Å². The predicted molar refractivity (Wildman–Crippen MR) is 217 cm³/mol. The van der Waals surface area contributed by atoms with Crippen LogP contribution in [0.5, 0.6) is 0 Å². The van der Waals surface area contributed by atoms with Crippen LogP contribution in [0.4, 0.5) is 0 Å². The van der Waals surface area contributed by atoms with Crippen LogP contribution in [-0.4, -0.2) is 25.8 Å². The van der Waals surface area contributed by atoms with Gasteiger partial charge in [0, 0.05) is 59.7 Å². The summed E-state index contributed by atoms with van der Waals surface area (Å²) in [5.74, 6) is 1.45. The van der Waals surface area contributed by atoms with Crippen LogP contribution in [0.1, 0.15) is 106 Å². The summed E-state index contributed by atoms with van der Waals surface area (Å²) in [6.07, 6.45) is 10.3. The number of allylic oxidation sites excluding steroid dienone is 2. The van der Waals surface area contributed by atoms with Crippen molar-refractivity contribution < 1.29 is 34.4 Å². The summed E-state index contributed by atoms with van der Waals surface area (Å²) in [7, 11) is 0. The fraction of sp³-hybridized carbons (Fsp3) is 0.435. The molecule has 3 heterocycles. The number of carbonyl (C=O) groups is 1. The Kier molecular flexibility index (Phi) is 13.8. The number of hydrogen-bond acceptors (Lipinski definition) is 6. The number of nitrogens with zero attached hydrogens (tertiary/aromatic N) is 3. The number of ketones is 1. The predicted octanol–water partition coefficient (Wildman–Crippen LogP) is 12.6. The van der Waals surface area contributed by atoms with E-state index in [2.05, 4.69) is 63.0 Å². The van der Waals surface area contributed by atoms with Crippen LogP contribution in [0.15, 0.2) is 77.3 Å². The van der Waals surface area contributed by atoms with E-state index in [0.717, 1.165) is 77.0 Å². The van der Waals surface area contributed by atoms with Gasteiger partial charge in [0.05, 0.1) is 11.1 Å². The summed E-state index contributed by atoms with van der Waals surface area (Å²) in [6, 6.07) is 20.4. The van der Waals surface area contributed by atoms with Gasteiger partial charge in [-0.15, -0.1) is 18.2 Å². The minimum absolute atomic E-state index is 0. The molecule has 3 aromatic carbocycles. The first-order valence-corrected chi connectivity index (χ1v) is 19.1. The number of aliphatic hydroxyl groups is 1. The third-order valence-electron chi connectivity index (χ3n) is 11.2. The summed E-state index contributed by atoms with van der Waals surface area (Å²) >= 11 is 0. The fourth-order valence-electron chi connectivity index (χ4n) is 6.97. The molecule has 0 unspecified atom stereocenters. The van der Waals surface area contributed by atoms with Gasteiger partial charge in [0.1, 0.15) is 12.1 Å². The molecule has 0 fully saturated rings. The number of pyridine rings is 1. The molecule has 0 aliphatic carbocycles. The number of aromatic nitrogens is 3. The van der Waals surface area contributed by atoms with Crippen molar-refractivity contribution in [1.29, 1.82) is 0 Å². The Morgan fingerprint density at radius 3 is 2.17 bits per heavy atom. The zero-order valence-corrected chi connectivity index (χ0v) is 35.6. The Labute approximate surface area is 329 Å². The van der Waals surface area contributed by atoms with E-state index in [-0.39, 0.29) is 42.5 Å². The van der Waals surface area contributed by atoms with E-state index in [1.807, 2.05) is 65.8 Å². The topological polar surface area (TPSA) is 89.1 Å². The normalized spacial score (nSPS) is 12.5. The molecule has 0 saturated carbocycles. The van der Waals surface area contributed by atoms with E-state index in [9.17, 15) is 9.90 Å². The molecule has 0 spiro atoms. The standard InChI is InChI=1S/C31H28N3O.C15H28O2.Ir/c1-18(2)13-20-15-21-10-11-25-28(33-17-34-29(25)27(21)22(16-20)14-19(3)4)26-8-5-7-23-24-9-6-12-32-31(24)35-30(23)26;1-7-14(5,8-2)12(16)11-13(17)15(6,9-3)10-4;/h5-7,9-12,15-19H,13-14H2,1-4H3;11,16H,7-10H2,1-6H3;/q-1;;/b;12-11-;. The largest absolute Gasteiger partial charge is 0.512 e. The number of fused-ring (bicyclic) bond motifs is 6. The van der Waals surface area contributed by atoms with Gasteiger partial charge in [-0.3, -0.25) is 9.78 Å². The smallest absolute Gasteiger partial charge is 0.216 e. The van der Waals surface area contributed by atoms with Crippen LogP contribution in [0.25, 0.3) is 55.0 Å². The second-order valence-corrected chi connectivity index (χ2v) is 15.7. The summed E-state index contributed by atoms with van der Waals surface area (Å²) in [5, 5.41) is 15.6. The van der Waals surface area contributed by atoms with Crippen molar-refractivity contribution in [2.24, 2.45) is 22.7 Å². The second-order valence-electron chi connectivity index (χ2n) is 15.7. The van der Waals surface area contributed by atoms with E-state index >= 15 is 0 Å². The van der Waals surface area contributed by atoms with Crippen LogP contribution >= 0.6 is 0 Å². The Hall–Kier alpha value is -3.93. The van der Waals surface area contributed by atoms with E-state index in [1.54, 1.807) is 12.5 Å². The average molecular weight is 891 g/mol. The number of rotatable bonds is 12. The third-order valence-corrected chi connectivity index (χ3v) is 11.2. The molecule has 53 heavy (non-hydrogen) atoms. The van der Waals surface area contributed by atoms with Gasteiger partial charge in [-0.25, -0.2) is 9.97 Å². The molecule has 3 aromatic heterocycles. The molecule has 1 radical (unpaired) electrons. The molecule has 0 saturated heterocycles. The van der Waals surface area contributed by atoms with E-state index in [4.69, 9.17) is 14.4 Å². The Morgan fingerprint density at radius 1 is 0.849 bits per heavy atom. The van der Waals surface area contributed by atoms with Crippen LogP contribution in [0, 0.1) is 28.7 Å².